The number of hydrogen-bond donors (Lipinski definition) is 0. The number of hydrogen-bond acceptors (Lipinski definition) is 3. The minimum Gasteiger partial charge on any atom is -0.492 e. The maximum Gasteiger partial charge on any atom is 0.123 e. The van der Waals surface area contributed by atoms with Gasteiger partial charge >= 0.3 is 0 Å². The van der Waals surface area contributed by atoms with E-state index >= 15 is 0 Å². The molecule has 1 aliphatic heterocycles. The first-order chi connectivity index (χ1) is 13.3. The molecular formula is C22H22FN3O. The van der Waals surface area contributed by atoms with Crippen LogP contribution >= 0.6 is 0 Å². The number of para-hydroxylation sites is 1. The van der Waals surface area contributed by atoms with Gasteiger partial charge in [0, 0.05) is 30.9 Å². The van der Waals surface area contributed by atoms with E-state index in [2.05, 4.69) is 17.0 Å². The van der Waals surface area contributed by atoms with E-state index in [1.165, 1.54) is 29.0 Å². The fraction of sp³-hybridized carbons (Fsp3) is 0.318. The summed E-state index contributed by atoms with van der Waals surface area (Å²) in [6, 6.07) is 14.9. The summed E-state index contributed by atoms with van der Waals surface area (Å²) in [6.45, 7) is 3.26. The van der Waals surface area contributed by atoms with Crippen LogP contribution < -0.4 is 4.74 Å². The minimum atomic E-state index is -0.217. The molecule has 0 saturated heterocycles. The van der Waals surface area contributed by atoms with Crippen molar-refractivity contribution in [3.05, 3.63) is 76.9 Å². The molecule has 0 saturated carbocycles. The third-order valence-corrected chi connectivity index (χ3v) is 5.49. The lowest BCUT2D eigenvalue weighted by atomic mass is 10.1. The smallest absolute Gasteiger partial charge is 0.123 e. The Hall–Kier alpha value is -2.66. The SMILES string of the molecule is Fc1ccc(-n2nc(CN3CCOc4ccccc4C3)c3c2CCC3)cc1. The van der Waals surface area contributed by atoms with Crippen molar-refractivity contribution in [1.82, 2.24) is 14.7 Å². The molecule has 5 rings (SSSR count). The van der Waals surface area contributed by atoms with Crippen LogP contribution in [0.25, 0.3) is 5.69 Å². The second-order valence-electron chi connectivity index (χ2n) is 7.28. The maximum atomic E-state index is 13.3. The summed E-state index contributed by atoms with van der Waals surface area (Å²) in [5.41, 5.74) is 5.96. The molecule has 138 valence electrons. The summed E-state index contributed by atoms with van der Waals surface area (Å²) in [7, 11) is 0. The Balaban J connectivity index is 1.44. The lowest BCUT2D eigenvalue weighted by molar-refractivity contribution is 0.217. The van der Waals surface area contributed by atoms with Gasteiger partial charge in [-0.2, -0.15) is 5.10 Å². The molecule has 27 heavy (non-hydrogen) atoms. The molecule has 0 amide bonds. The molecule has 4 nitrogen and oxygen atoms in total. The third kappa shape index (κ3) is 3.12. The second-order valence-corrected chi connectivity index (χ2v) is 7.28. The Kier molecular flexibility index (Phi) is 4.17. The van der Waals surface area contributed by atoms with Crippen LogP contribution in [0, 0.1) is 5.82 Å². The molecule has 0 fully saturated rings. The third-order valence-electron chi connectivity index (χ3n) is 5.49. The van der Waals surface area contributed by atoms with Crippen LogP contribution in [-0.4, -0.2) is 27.8 Å². The summed E-state index contributed by atoms with van der Waals surface area (Å²) in [5.74, 6) is 0.771. The molecule has 0 spiro atoms. The number of nitrogens with zero attached hydrogens (tertiary/aromatic N) is 3. The highest BCUT2D eigenvalue weighted by molar-refractivity contribution is 5.40. The zero-order chi connectivity index (χ0) is 18.2. The molecule has 5 heteroatoms. The molecule has 0 unspecified atom stereocenters. The highest BCUT2D eigenvalue weighted by Gasteiger charge is 2.25. The number of rotatable bonds is 3. The van der Waals surface area contributed by atoms with Crippen molar-refractivity contribution < 1.29 is 9.13 Å². The Bertz CT molecular complexity index is 964. The molecule has 0 bridgehead atoms. The van der Waals surface area contributed by atoms with Gasteiger partial charge < -0.3 is 4.74 Å². The lowest BCUT2D eigenvalue weighted by Crippen LogP contribution is -2.26. The monoisotopic (exact) mass is 363 g/mol. The topological polar surface area (TPSA) is 30.3 Å². The van der Waals surface area contributed by atoms with Gasteiger partial charge in [-0.3, -0.25) is 4.90 Å². The fourth-order valence-corrected chi connectivity index (χ4v) is 4.16. The van der Waals surface area contributed by atoms with E-state index < -0.39 is 0 Å². The second kappa shape index (κ2) is 6.82. The van der Waals surface area contributed by atoms with Gasteiger partial charge in [0.05, 0.1) is 11.4 Å². The molecule has 3 aromatic rings. The molecule has 1 aromatic heterocycles. The van der Waals surface area contributed by atoms with Crippen molar-refractivity contribution in [3.8, 4) is 11.4 Å². The number of aromatic nitrogens is 2. The quantitative estimate of drug-likeness (QED) is 0.707. The van der Waals surface area contributed by atoms with Gasteiger partial charge in [0.2, 0.25) is 0 Å². The van der Waals surface area contributed by atoms with Crippen LogP contribution in [0.1, 0.15) is 28.9 Å². The lowest BCUT2D eigenvalue weighted by Gasteiger charge is -2.18. The minimum absolute atomic E-state index is 0.217. The number of ether oxygens (including phenoxy) is 1. The first-order valence-corrected chi connectivity index (χ1v) is 9.56. The van der Waals surface area contributed by atoms with E-state index in [1.807, 2.05) is 16.8 Å². The fourth-order valence-electron chi connectivity index (χ4n) is 4.16. The highest BCUT2D eigenvalue weighted by Crippen LogP contribution is 2.30. The summed E-state index contributed by atoms with van der Waals surface area (Å²) in [4.78, 5) is 2.40. The molecule has 0 N–H and O–H groups in total. The van der Waals surface area contributed by atoms with Crippen LogP contribution in [0.2, 0.25) is 0 Å². The van der Waals surface area contributed by atoms with E-state index in [9.17, 15) is 4.39 Å². The van der Waals surface area contributed by atoms with Gasteiger partial charge in [-0.25, -0.2) is 9.07 Å². The number of benzene rings is 2. The van der Waals surface area contributed by atoms with Crippen molar-refractivity contribution in [1.29, 1.82) is 0 Å². The molecule has 2 aromatic carbocycles. The predicted octanol–water partition coefficient (Wildman–Crippen LogP) is 3.89. The first-order valence-electron chi connectivity index (χ1n) is 9.56. The largest absolute Gasteiger partial charge is 0.492 e. The van der Waals surface area contributed by atoms with Crippen molar-refractivity contribution in [2.45, 2.75) is 32.4 Å². The zero-order valence-electron chi connectivity index (χ0n) is 15.2. The van der Waals surface area contributed by atoms with Crippen molar-refractivity contribution in [3.63, 3.8) is 0 Å². The zero-order valence-corrected chi connectivity index (χ0v) is 15.2. The number of halogens is 1. The van der Waals surface area contributed by atoms with Crippen molar-refractivity contribution in [2.24, 2.45) is 0 Å². The van der Waals surface area contributed by atoms with E-state index in [0.29, 0.717) is 6.61 Å². The van der Waals surface area contributed by atoms with Gasteiger partial charge in [0.25, 0.3) is 0 Å². The standard InChI is InChI=1S/C22H22FN3O/c23-17-8-10-18(11-9-17)26-21-6-3-5-19(21)20(24-26)15-25-12-13-27-22-7-2-1-4-16(22)14-25/h1-2,4,7-11H,3,5-6,12-15H2. The molecule has 2 heterocycles. The number of fused-ring (bicyclic) bond motifs is 2. The summed E-state index contributed by atoms with van der Waals surface area (Å²) in [6.07, 6.45) is 3.27. The Morgan fingerprint density at radius 2 is 1.89 bits per heavy atom. The maximum absolute atomic E-state index is 13.3. The average molecular weight is 363 g/mol. The highest BCUT2D eigenvalue weighted by atomic mass is 19.1. The van der Waals surface area contributed by atoms with Crippen LogP contribution in [0.4, 0.5) is 4.39 Å². The van der Waals surface area contributed by atoms with Gasteiger partial charge in [-0.05, 0) is 55.2 Å². The van der Waals surface area contributed by atoms with Crippen molar-refractivity contribution >= 4 is 0 Å². The first kappa shape index (κ1) is 16.5. The van der Waals surface area contributed by atoms with Crippen LogP contribution in [-0.2, 0) is 25.9 Å². The molecule has 0 radical (unpaired) electrons. The predicted molar refractivity (Wildman–Crippen MR) is 102 cm³/mol. The molecule has 0 atom stereocenters. The average Bonchev–Trinajstić information content (AvgIpc) is 3.21. The van der Waals surface area contributed by atoms with Gasteiger partial charge in [0.1, 0.15) is 18.2 Å². The summed E-state index contributed by atoms with van der Waals surface area (Å²) in [5, 5.41) is 4.92. The summed E-state index contributed by atoms with van der Waals surface area (Å²) >= 11 is 0. The van der Waals surface area contributed by atoms with Gasteiger partial charge in [0.15, 0.2) is 0 Å². The molecular weight excluding hydrogens is 341 g/mol. The van der Waals surface area contributed by atoms with Crippen molar-refractivity contribution in [2.75, 3.05) is 13.2 Å². The van der Waals surface area contributed by atoms with E-state index in [1.54, 1.807) is 12.1 Å². The van der Waals surface area contributed by atoms with Crippen LogP contribution in [0.5, 0.6) is 5.75 Å². The Morgan fingerprint density at radius 3 is 2.78 bits per heavy atom. The Labute approximate surface area is 158 Å². The van der Waals surface area contributed by atoms with Gasteiger partial charge in [-0.1, -0.05) is 18.2 Å². The Morgan fingerprint density at radius 1 is 1.04 bits per heavy atom. The van der Waals surface area contributed by atoms with Crippen LogP contribution in [0.15, 0.2) is 48.5 Å². The van der Waals surface area contributed by atoms with Gasteiger partial charge in [-0.15, -0.1) is 0 Å². The van der Waals surface area contributed by atoms with E-state index in [0.717, 1.165) is 56.0 Å². The van der Waals surface area contributed by atoms with E-state index in [4.69, 9.17) is 9.84 Å². The summed E-state index contributed by atoms with van der Waals surface area (Å²) < 4.78 is 21.2. The normalized spacial score (nSPS) is 16.5. The molecule has 1 aliphatic carbocycles. The molecule has 2 aliphatic rings. The van der Waals surface area contributed by atoms with E-state index in [-0.39, 0.29) is 5.82 Å². The van der Waals surface area contributed by atoms with Crippen LogP contribution in [0.3, 0.4) is 0 Å².